The number of rotatable bonds is 13. The number of anilines is 1. The molecule has 0 saturated carbocycles. The number of hydrogen-bond donors (Lipinski definition) is 9. The van der Waals surface area contributed by atoms with E-state index in [0.717, 1.165) is 17.2 Å². The van der Waals surface area contributed by atoms with Gasteiger partial charge in [-0.1, -0.05) is 0 Å². The van der Waals surface area contributed by atoms with Gasteiger partial charge in [-0.05, 0) is 6.07 Å². The Morgan fingerprint density at radius 1 is 0.960 bits per heavy atom. The van der Waals surface area contributed by atoms with Gasteiger partial charge in [0.25, 0.3) is 12.1 Å². The summed E-state index contributed by atoms with van der Waals surface area (Å²) in [7, 11) is -16.3. The van der Waals surface area contributed by atoms with Gasteiger partial charge in [-0.3, -0.25) is 22.9 Å². The van der Waals surface area contributed by atoms with Gasteiger partial charge in [0.2, 0.25) is 0 Å². The number of aromatic nitrogens is 5. The number of imidazole rings is 1. The molecule has 50 heavy (non-hydrogen) atoms. The number of hydrogen-bond acceptors (Lipinski definition) is 17. The molecule has 29 heteroatoms. The molecule has 24 nitrogen and oxygen atoms in total. The van der Waals surface area contributed by atoms with Gasteiger partial charge in [0.15, 0.2) is 36.2 Å². The second-order valence-electron chi connectivity index (χ2n) is 10.3. The van der Waals surface area contributed by atoms with E-state index in [1.807, 2.05) is 0 Å². The van der Waals surface area contributed by atoms with E-state index in [9.17, 15) is 53.4 Å². The summed E-state index contributed by atoms with van der Waals surface area (Å²) < 4.78 is 68.4. The molecule has 268 valence electrons. The SMILES string of the molecule is NC(=O)c1ccc[n+]([C@@H]2O[C@H](COP(=O)(O)OP(=O)(O)OC[C@H]3O[C@@H](n4cnc5c(N)ncnc54)[C@H](OP(=O)(O)O)[C@@H]3O)[C@@H](O)[C@H]2O)c1.[H-].[H-].[Na+].[Na+]. The van der Waals surface area contributed by atoms with Crippen molar-refractivity contribution in [3.63, 3.8) is 0 Å². The summed E-state index contributed by atoms with van der Waals surface area (Å²) in [6.07, 6.45) is -8.39. The Balaban J connectivity index is 0.00000338. The van der Waals surface area contributed by atoms with Crippen LogP contribution < -0.4 is 75.1 Å². The van der Waals surface area contributed by atoms with Crippen LogP contribution in [-0.4, -0.2) is 110 Å². The van der Waals surface area contributed by atoms with E-state index in [-0.39, 0.29) is 84.5 Å². The Morgan fingerprint density at radius 3 is 2.18 bits per heavy atom. The summed E-state index contributed by atoms with van der Waals surface area (Å²) in [6, 6.07) is 2.79. The van der Waals surface area contributed by atoms with E-state index in [2.05, 4.69) is 23.8 Å². The van der Waals surface area contributed by atoms with Gasteiger partial charge in [-0.2, -0.15) is 8.88 Å². The summed E-state index contributed by atoms with van der Waals surface area (Å²) in [5, 5.41) is 31.5. The van der Waals surface area contributed by atoms with Crippen LogP contribution in [0.3, 0.4) is 0 Å². The van der Waals surface area contributed by atoms with Crippen LogP contribution in [-0.2, 0) is 41.1 Å². The molecule has 2 aliphatic rings. The normalized spacial score (nSPS) is 29.1. The number of pyridine rings is 1. The molecule has 2 saturated heterocycles. The summed E-state index contributed by atoms with van der Waals surface area (Å²) in [5.41, 5.74) is 11.1. The van der Waals surface area contributed by atoms with Crippen LogP contribution in [0.5, 0.6) is 0 Å². The molecule has 2 aliphatic heterocycles. The van der Waals surface area contributed by atoms with Crippen molar-refractivity contribution in [1.82, 2.24) is 19.5 Å². The summed E-state index contributed by atoms with van der Waals surface area (Å²) in [6.45, 7) is -2.03. The van der Waals surface area contributed by atoms with Gasteiger partial charge in [0.05, 0.1) is 19.5 Å². The number of aliphatic hydroxyl groups excluding tert-OH is 3. The van der Waals surface area contributed by atoms with Crippen molar-refractivity contribution in [2.24, 2.45) is 5.73 Å². The summed E-state index contributed by atoms with van der Waals surface area (Å²) in [5.74, 6) is -0.848. The Kier molecular flexibility index (Phi) is 14.9. The molecule has 5 heterocycles. The van der Waals surface area contributed by atoms with Crippen LogP contribution in [0.25, 0.3) is 11.2 Å². The quantitative estimate of drug-likeness (QED) is 0.0441. The molecule has 10 atom stereocenters. The van der Waals surface area contributed by atoms with Gasteiger partial charge in [-0.25, -0.2) is 28.6 Å². The van der Waals surface area contributed by atoms with E-state index < -0.39 is 91.7 Å². The minimum atomic E-state index is -5.52. The fourth-order valence-electron chi connectivity index (χ4n) is 4.83. The van der Waals surface area contributed by atoms with Crippen molar-refractivity contribution in [3.05, 3.63) is 42.7 Å². The van der Waals surface area contributed by atoms with Gasteiger partial charge in [0.1, 0.15) is 47.9 Å². The van der Waals surface area contributed by atoms with E-state index in [1.54, 1.807) is 0 Å². The van der Waals surface area contributed by atoms with Gasteiger partial charge < -0.3 is 58.7 Å². The summed E-state index contributed by atoms with van der Waals surface area (Å²) >= 11 is 0. The first-order valence-electron chi connectivity index (χ1n) is 13.3. The first kappa shape index (κ1) is 43.5. The van der Waals surface area contributed by atoms with Crippen molar-refractivity contribution in [2.75, 3.05) is 18.9 Å². The average molecular weight is 792 g/mol. The Bertz CT molecular complexity index is 1830. The molecule has 3 aromatic heterocycles. The van der Waals surface area contributed by atoms with Crippen molar-refractivity contribution in [3.8, 4) is 0 Å². The molecule has 0 aliphatic carbocycles. The number of phosphoric ester groups is 3. The fraction of sp³-hybridized carbons (Fsp3) is 0.476. The van der Waals surface area contributed by atoms with E-state index in [0.29, 0.717) is 0 Å². The third-order valence-corrected chi connectivity index (χ3v) is 10.1. The molecule has 2 unspecified atom stereocenters. The number of nitrogens with two attached hydrogens (primary N) is 2. The van der Waals surface area contributed by atoms with Crippen LogP contribution in [0, 0.1) is 0 Å². The van der Waals surface area contributed by atoms with E-state index in [1.165, 1.54) is 29.1 Å². The second-order valence-corrected chi connectivity index (χ2v) is 14.5. The molecule has 2 fully saturated rings. The topological polar surface area (TPSA) is 365 Å². The molecule has 1 amide bonds. The average Bonchev–Trinajstić information content (AvgIpc) is 3.64. The zero-order valence-electron chi connectivity index (χ0n) is 27.9. The predicted molar refractivity (Wildman–Crippen MR) is 153 cm³/mol. The predicted octanol–water partition coefficient (Wildman–Crippen LogP) is -8.67. The number of fused-ring (bicyclic) bond motifs is 1. The molecule has 0 aromatic carbocycles. The third-order valence-electron chi connectivity index (χ3n) is 6.98. The van der Waals surface area contributed by atoms with Gasteiger partial charge >= 0.3 is 82.6 Å². The molecular formula is C21H31N7Na2O17P3+. The standard InChI is InChI=1S/C21H28N7O17P3.2Na.2H/c22-17-12-19(25-7-24-17)28(8-26-12)21-16(44-46(33,34)35)14(30)11(43-21)6-41-48(38,39)45-47(36,37)40-5-10-13(29)15(31)20(42-10)27-3-1-2-9(4-27)18(23)32;;;;/h1-4,7-8,10-11,13-16,20-21,29-31H,5-6H2,(H7-,22,23,24,25,32,33,34,35,36,37,38,39);;;;/q;2*+1;2*-1/p+1/t10-,11-,13-,14-,15-,16-,20-,21-;;;;/m1..../s1. The first-order chi connectivity index (χ1) is 22.4. The van der Waals surface area contributed by atoms with Gasteiger partial charge in [0, 0.05) is 6.07 Å². The minimum absolute atomic E-state index is 0. The number of nitrogens with zero attached hydrogens (tertiary/aromatic N) is 5. The maximum absolute atomic E-state index is 12.6. The smallest absolute Gasteiger partial charge is 1.00 e. The second kappa shape index (κ2) is 17.1. The van der Waals surface area contributed by atoms with Crippen LogP contribution >= 0.6 is 23.5 Å². The molecule has 3 aromatic rings. The monoisotopic (exact) mass is 792 g/mol. The fourth-order valence-corrected chi connectivity index (χ4v) is 7.47. The first-order valence-corrected chi connectivity index (χ1v) is 17.9. The molecule has 0 spiro atoms. The van der Waals surface area contributed by atoms with Crippen LogP contribution in [0.1, 0.15) is 25.7 Å². The Morgan fingerprint density at radius 2 is 1.58 bits per heavy atom. The largest absolute Gasteiger partial charge is 1.00 e. The number of phosphoric acid groups is 3. The minimum Gasteiger partial charge on any atom is -1.00 e. The third kappa shape index (κ3) is 10.2. The van der Waals surface area contributed by atoms with Crippen molar-refractivity contribution in [1.29, 1.82) is 0 Å². The Labute approximate surface area is 327 Å². The zero-order valence-corrected chi connectivity index (χ0v) is 32.6. The maximum Gasteiger partial charge on any atom is 1.00 e. The number of amides is 1. The number of ether oxygens (including phenoxy) is 2. The number of carbonyl (C=O) groups is 1. The number of carbonyl (C=O) groups excluding carboxylic acids is 1. The molecule has 5 rings (SSSR count). The van der Waals surface area contributed by atoms with Crippen LogP contribution in [0.15, 0.2) is 37.2 Å². The van der Waals surface area contributed by atoms with E-state index >= 15 is 0 Å². The number of aliphatic hydroxyl groups is 3. The number of primary amides is 1. The van der Waals surface area contributed by atoms with Gasteiger partial charge in [-0.15, -0.1) is 0 Å². The number of nitrogen functional groups attached to an aromatic ring is 1. The Hall–Kier alpha value is -0.860. The molecular weight excluding hydrogens is 761 g/mol. The van der Waals surface area contributed by atoms with Crippen LogP contribution in [0.2, 0.25) is 0 Å². The van der Waals surface area contributed by atoms with E-state index in [4.69, 9.17) is 30.0 Å². The van der Waals surface area contributed by atoms with Crippen molar-refractivity contribution < 1.29 is 147 Å². The van der Waals surface area contributed by atoms with Crippen molar-refractivity contribution >= 4 is 46.4 Å². The molecule has 11 N–H and O–H groups in total. The summed E-state index contributed by atoms with van der Waals surface area (Å²) in [4.78, 5) is 62.2. The molecule has 0 bridgehead atoms. The maximum atomic E-state index is 12.6. The van der Waals surface area contributed by atoms with Crippen LogP contribution in [0.4, 0.5) is 5.82 Å². The van der Waals surface area contributed by atoms with Crippen molar-refractivity contribution in [2.45, 2.75) is 49.1 Å². The zero-order chi connectivity index (χ0) is 35.2. The molecule has 0 radical (unpaired) electrons.